The normalized spacial score (nSPS) is 10.8. The second kappa shape index (κ2) is 21.9. The number of benzene rings is 12. The molecule has 0 fully saturated rings. The van der Waals surface area contributed by atoms with Gasteiger partial charge in [-0.15, -0.1) is 0 Å². The number of nitrogens with zero attached hydrogens (tertiary/aromatic N) is 2. The van der Waals surface area contributed by atoms with Crippen molar-refractivity contribution >= 4 is 98.1 Å². The first-order valence-corrected chi connectivity index (χ1v) is 25.3. The number of nitrogen functional groups attached to an aromatic ring is 1. The highest BCUT2D eigenvalue weighted by Crippen LogP contribution is 2.37. The van der Waals surface area contributed by atoms with Crippen LogP contribution in [0.25, 0.3) is 98.8 Å². The number of fused-ring (bicyclic) bond motifs is 8. The maximum absolute atomic E-state index is 5.72. The fourth-order valence-corrected chi connectivity index (χ4v) is 10.6. The average Bonchev–Trinajstić information content (AvgIpc) is 3.97. The fraction of sp³-hybridized carbons (Fsp3) is 0.0286. The molecule has 364 valence electrons. The van der Waals surface area contributed by atoms with Crippen LogP contribution < -0.4 is 11.1 Å². The SMILES string of the molecule is Brc1ccc2c(c1)c1ccccc1n2-c1ccccc1.C.C.Nc1ccc(-c2cccc3ccccc23)cc1.c1ccc(-n2c3ccccc3c3cc(Nc4ccc(-c5cccc6ccccc56)cc4)ccc32)cc1. The van der Waals surface area contributed by atoms with Crippen molar-refractivity contribution in [2.75, 3.05) is 11.1 Å². The Morgan fingerprint density at radius 1 is 0.307 bits per heavy atom. The lowest BCUT2D eigenvalue weighted by Crippen LogP contribution is -1.93. The Bertz CT molecular complexity index is 4220. The largest absolute Gasteiger partial charge is 0.399 e. The van der Waals surface area contributed by atoms with Crippen LogP contribution in [0.3, 0.4) is 0 Å². The molecule has 2 aromatic heterocycles. The van der Waals surface area contributed by atoms with Crippen LogP contribution in [-0.4, -0.2) is 9.13 Å². The van der Waals surface area contributed by atoms with Gasteiger partial charge >= 0.3 is 0 Å². The molecule has 0 unspecified atom stereocenters. The average molecular weight is 1030 g/mol. The van der Waals surface area contributed by atoms with Crippen molar-refractivity contribution in [1.29, 1.82) is 0 Å². The van der Waals surface area contributed by atoms with E-state index in [2.05, 4.69) is 291 Å². The van der Waals surface area contributed by atoms with Gasteiger partial charge in [-0.25, -0.2) is 0 Å². The summed E-state index contributed by atoms with van der Waals surface area (Å²) < 4.78 is 5.77. The Hall–Kier alpha value is -9.16. The highest BCUT2D eigenvalue weighted by atomic mass is 79.9. The zero-order chi connectivity index (χ0) is 49.1. The number of rotatable bonds is 6. The molecule has 0 aliphatic rings. The van der Waals surface area contributed by atoms with Gasteiger partial charge in [-0.2, -0.15) is 0 Å². The molecule has 0 bridgehead atoms. The first-order valence-electron chi connectivity index (χ1n) is 24.6. The summed E-state index contributed by atoms with van der Waals surface area (Å²) in [4.78, 5) is 0. The lowest BCUT2D eigenvalue weighted by Gasteiger charge is -2.11. The number of aromatic nitrogens is 2. The van der Waals surface area contributed by atoms with E-state index in [0.717, 1.165) is 21.5 Å². The molecule has 0 aliphatic heterocycles. The Balaban J connectivity index is 0.000000139. The van der Waals surface area contributed by atoms with Crippen molar-refractivity contribution in [3.63, 3.8) is 0 Å². The van der Waals surface area contributed by atoms with E-state index in [9.17, 15) is 0 Å². The molecule has 3 N–H and O–H groups in total. The first-order chi connectivity index (χ1) is 36.0. The number of anilines is 3. The van der Waals surface area contributed by atoms with Crippen LogP contribution in [0.4, 0.5) is 17.1 Å². The molecule has 0 spiro atoms. The summed E-state index contributed by atoms with van der Waals surface area (Å²) in [6.07, 6.45) is 0. The monoisotopic (exact) mass is 1030 g/mol. The van der Waals surface area contributed by atoms with Crippen molar-refractivity contribution in [1.82, 2.24) is 9.13 Å². The molecule has 0 atom stereocenters. The van der Waals surface area contributed by atoms with Gasteiger partial charge in [-0.3, -0.25) is 0 Å². The smallest absolute Gasteiger partial charge is 0.0542 e. The summed E-state index contributed by atoms with van der Waals surface area (Å²) in [6.45, 7) is 0. The third kappa shape index (κ3) is 9.90. The van der Waals surface area contributed by atoms with Gasteiger partial charge < -0.3 is 20.2 Å². The highest BCUT2D eigenvalue weighted by molar-refractivity contribution is 9.10. The van der Waals surface area contributed by atoms with E-state index in [4.69, 9.17) is 5.73 Å². The number of nitrogens with two attached hydrogens (primary N) is 1. The molecular weight excluding hydrogens is 977 g/mol. The Morgan fingerprint density at radius 2 is 0.693 bits per heavy atom. The zero-order valence-corrected chi connectivity index (χ0v) is 41.5. The Labute approximate surface area is 447 Å². The zero-order valence-electron chi connectivity index (χ0n) is 39.9. The van der Waals surface area contributed by atoms with Crippen molar-refractivity contribution < 1.29 is 0 Å². The van der Waals surface area contributed by atoms with Crippen molar-refractivity contribution in [2.24, 2.45) is 0 Å². The van der Waals surface area contributed by atoms with Crippen LogP contribution in [0.2, 0.25) is 0 Å². The third-order valence-corrected chi connectivity index (χ3v) is 14.1. The summed E-state index contributed by atoms with van der Waals surface area (Å²) in [7, 11) is 0. The van der Waals surface area contributed by atoms with Crippen molar-refractivity contribution in [3.05, 3.63) is 284 Å². The second-order valence-electron chi connectivity index (χ2n) is 18.1. The standard InChI is InChI=1S/C34H24N2.C18H12BrN.C16H13N.2CH4/c1-2-11-28(12-3-1)36-33-16-7-6-14-31(33)32-23-27(21-22-34(32)36)35-26-19-17-25(18-20-26)30-15-8-10-24-9-4-5-13-29(24)30;19-13-10-11-18-16(12-13)15-8-4-5-9-17(15)20(18)14-6-2-1-3-7-14;17-14-10-8-13(9-11-14)16-7-3-5-12-4-1-2-6-15(12)16;;/h1-23,35H;1-12H;1-11H,17H2;2*1H4. The minimum Gasteiger partial charge on any atom is -0.399 e. The quantitative estimate of drug-likeness (QED) is 0.163. The van der Waals surface area contributed by atoms with Crippen LogP contribution in [0, 0.1) is 0 Å². The van der Waals surface area contributed by atoms with Crippen molar-refractivity contribution in [3.8, 4) is 33.6 Å². The molecule has 0 aliphatic carbocycles. The summed E-state index contributed by atoms with van der Waals surface area (Å²) >= 11 is 3.57. The van der Waals surface area contributed by atoms with Crippen LogP contribution in [-0.2, 0) is 0 Å². The number of hydrogen-bond acceptors (Lipinski definition) is 2. The molecule has 0 saturated heterocycles. The number of para-hydroxylation sites is 4. The highest BCUT2D eigenvalue weighted by Gasteiger charge is 2.14. The maximum Gasteiger partial charge on any atom is 0.0542 e. The van der Waals surface area contributed by atoms with Crippen LogP contribution in [0.15, 0.2) is 284 Å². The van der Waals surface area contributed by atoms with Gasteiger partial charge in [0.15, 0.2) is 0 Å². The van der Waals surface area contributed by atoms with E-state index in [1.807, 2.05) is 18.2 Å². The Morgan fingerprint density at radius 3 is 1.21 bits per heavy atom. The molecule has 0 amide bonds. The van der Waals surface area contributed by atoms with Crippen molar-refractivity contribution in [2.45, 2.75) is 14.9 Å². The fourth-order valence-electron chi connectivity index (χ4n) is 10.2. The molecule has 2 heterocycles. The second-order valence-corrected chi connectivity index (χ2v) is 19.1. The van der Waals surface area contributed by atoms with Crippen LogP contribution in [0.5, 0.6) is 0 Å². The van der Waals surface area contributed by atoms with E-state index in [-0.39, 0.29) is 14.9 Å². The summed E-state index contributed by atoms with van der Waals surface area (Å²) in [6, 6.07) is 97.9. The van der Waals surface area contributed by atoms with Gasteiger partial charge in [-0.1, -0.05) is 213 Å². The van der Waals surface area contributed by atoms with Crippen LogP contribution in [0.1, 0.15) is 14.9 Å². The predicted molar refractivity (Wildman–Crippen MR) is 329 cm³/mol. The lowest BCUT2D eigenvalue weighted by atomic mass is 9.98. The Kier molecular flexibility index (Phi) is 14.4. The molecular formula is C70H57BrN4. The third-order valence-electron chi connectivity index (χ3n) is 13.6. The van der Waals surface area contributed by atoms with Gasteiger partial charge in [0.05, 0.1) is 22.1 Å². The summed E-state index contributed by atoms with van der Waals surface area (Å²) in [5.41, 5.74) is 20.9. The summed E-state index contributed by atoms with van der Waals surface area (Å²) in [5.74, 6) is 0. The van der Waals surface area contributed by atoms with E-state index in [0.29, 0.717) is 0 Å². The van der Waals surface area contributed by atoms with Gasteiger partial charge in [0.2, 0.25) is 0 Å². The molecule has 14 rings (SSSR count). The van der Waals surface area contributed by atoms with Gasteiger partial charge in [-0.05, 0) is 141 Å². The molecule has 5 heteroatoms. The van der Waals surface area contributed by atoms with E-state index < -0.39 is 0 Å². The van der Waals surface area contributed by atoms with Gasteiger partial charge in [0.25, 0.3) is 0 Å². The minimum absolute atomic E-state index is 0. The molecule has 0 radical (unpaired) electrons. The maximum atomic E-state index is 5.72. The van der Waals surface area contributed by atoms with E-state index in [1.165, 1.54) is 98.8 Å². The predicted octanol–water partition coefficient (Wildman–Crippen LogP) is 20.3. The van der Waals surface area contributed by atoms with Crippen LogP contribution >= 0.6 is 15.9 Å². The minimum atomic E-state index is 0. The number of halogens is 1. The van der Waals surface area contributed by atoms with Gasteiger partial charge in [0, 0.05) is 54.5 Å². The molecule has 0 saturated carbocycles. The molecule has 12 aromatic carbocycles. The molecule has 14 aromatic rings. The number of hydrogen-bond donors (Lipinski definition) is 2. The molecule has 75 heavy (non-hydrogen) atoms. The number of nitrogens with one attached hydrogen (secondary N) is 1. The lowest BCUT2D eigenvalue weighted by molar-refractivity contribution is 1.18. The molecule has 4 nitrogen and oxygen atoms in total. The van der Waals surface area contributed by atoms with E-state index >= 15 is 0 Å². The first kappa shape index (κ1) is 49.4. The van der Waals surface area contributed by atoms with Gasteiger partial charge in [0.1, 0.15) is 0 Å². The summed E-state index contributed by atoms with van der Waals surface area (Å²) in [5, 5.41) is 13.8. The van der Waals surface area contributed by atoms with E-state index in [1.54, 1.807) is 0 Å². The topological polar surface area (TPSA) is 47.9 Å².